The summed E-state index contributed by atoms with van der Waals surface area (Å²) in [5, 5.41) is 2.90. The number of nitrogens with one attached hydrogen (secondary N) is 1. The maximum Gasteiger partial charge on any atom is 0.251 e. The van der Waals surface area contributed by atoms with E-state index in [4.69, 9.17) is 9.47 Å². The normalized spacial score (nSPS) is 19.4. The maximum absolute atomic E-state index is 12.8. The van der Waals surface area contributed by atoms with Crippen LogP contribution in [-0.4, -0.2) is 54.6 Å². The fraction of sp³-hybridized carbons (Fsp3) is 0.381. The number of aryl methyl sites for hydroxylation is 1. The highest BCUT2D eigenvalue weighted by atomic mass is 16.5. The molecular weight excluding hydrogens is 358 g/mol. The van der Waals surface area contributed by atoms with Gasteiger partial charge in [-0.15, -0.1) is 0 Å². The number of benzene rings is 1. The summed E-state index contributed by atoms with van der Waals surface area (Å²) < 4.78 is 11.2. The zero-order valence-electron chi connectivity index (χ0n) is 16.1. The number of pyridine rings is 1. The molecule has 1 aromatic carbocycles. The van der Waals surface area contributed by atoms with Crippen molar-refractivity contribution in [3.8, 4) is 5.75 Å². The maximum atomic E-state index is 12.8. The molecule has 2 amide bonds. The van der Waals surface area contributed by atoms with Crippen molar-refractivity contribution in [2.24, 2.45) is 0 Å². The standard InChI is InChI=1S/C21H25N3O4/c1-15-7-3-4-9-17(15)19-20(28-14-18(25)24(19)2)21(26)23-11-6-12-27-16-8-5-10-22-13-16/h3-5,7-10,13,19-20H,6,11-12,14H2,1-2H3,(H,23,26)/t19-,20+/m1/s1. The van der Waals surface area contributed by atoms with E-state index < -0.39 is 12.1 Å². The van der Waals surface area contributed by atoms with Gasteiger partial charge in [0.25, 0.3) is 5.91 Å². The second-order valence-electron chi connectivity index (χ2n) is 6.72. The lowest BCUT2D eigenvalue weighted by atomic mass is 9.94. The van der Waals surface area contributed by atoms with Crippen LogP contribution in [0.4, 0.5) is 0 Å². The average molecular weight is 383 g/mol. The van der Waals surface area contributed by atoms with Crippen LogP contribution in [0.3, 0.4) is 0 Å². The molecule has 3 rings (SSSR count). The number of aromatic nitrogens is 1. The molecular formula is C21H25N3O4. The molecule has 1 aromatic heterocycles. The Labute approximate surface area is 164 Å². The van der Waals surface area contributed by atoms with E-state index in [9.17, 15) is 9.59 Å². The van der Waals surface area contributed by atoms with Gasteiger partial charge in [-0.3, -0.25) is 14.6 Å². The molecule has 0 bridgehead atoms. The number of likely N-dealkylation sites (N-methyl/N-ethyl adjacent to an activating group) is 1. The lowest BCUT2D eigenvalue weighted by molar-refractivity contribution is -0.162. The van der Waals surface area contributed by atoms with Crippen LogP contribution in [0.1, 0.15) is 23.6 Å². The van der Waals surface area contributed by atoms with Gasteiger partial charge in [-0.1, -0.05) is 24.3 Å². The Balaban J connectivity index is 1.57. The highest BCUT2D eigenvalue weighted by molar-refractivity contribution is 5.86. The molecule has 1 fully saturated rings. The van der Waals surface area contributed by atoms with Gasteiger partial charge in [-0.25, -0.2) is 0 Å². The minimum atomic E-state index is -0.747. The van der Waals surface area contributed by atoms with Gasteiger partial charge in [-0.05, 0) is 36.6 Å². The Bertz CT molecular complexity index is 812. The van der Waals surface area contributed by atoms with E-state index in [-0.39, 0.29) is 18.4 Å². The second-order valence-corrected chi connectivity index (χ2v) is 6.72. The van der Waals surface area contributed by atoms with Crippen molar-refractivity contribution in [3.05, 3.63) is 59.9 Å². The fourth-order valence-electron chi connectivity index (χ4n) is 3.23. The van der Waals surface area contributed by atoms with E-state index in [2.05, 4.69) is 10.3 Å². The third-order valence-corrected chi connectivity index (χ3v) is 4.77. The third kappa shape index (κ3) is 4.67. The Kier molecular flexibility index (Phi) is 6.60. The largest absolute Gasteiger partial charge is 0.492 e. The third-order valence-electron chi connectivity index (χ3n) is 4.77. The van der Waals surface area contributed by atoms with Crippen molar-refractivity contribution in [3.63, 3.8) is 0 Å². The smallest absolute Gasteiger partial charge is 0.251 e. The summed E-state index contributed by atoms with van der Waals surface area (Å²) >= 11 is 0. The molecule has 1 aliphatic heterocycles. The monoisotopic (exact) mass is 383 g/mol. The van der Waals surface area contributed by atoms with Crippen LogP contribution < -0.4 is 10.1 Å². The first-order chi connectivity index (χ1) is 13.6. The average Bonchev–Trinajstić information content (AvgIpc) is 2.71. The first-order valence-electron chi connectivity index (χ1n) is 9.31. The summed E-state index contributed by atoms with van der Waals surface area (Å²) in [6.07, 6.45) is 3.23. The Hall–Kier alpha value is -2.93. The number of hydrogen-bond acceptors (Lipinski definition) is 5. The zero-order chi connectivity index (χ0) is 19.9. The second kappa shape index (κ2) is 9.32. The van der Waals surface area contributed by atoms with Crippen molar-refractivity contribution in [2.45, 2.75) is 25.5 Å². The molecule has 2 heterocycles. The zero-order valence-corrected chi connectivity index (χ0v) is 16.1. The Morgan fingerprint density at radius 1 is 1.32 bits per heavy atom. The molecule has 1 N–H and O–H groups in total. The van der Waals surface area contributed by atoms with Crippen molar-refractivity contribution >= 4 is 11.8 Å². The van der Waals surface area contributed by atoms with Crippen LogP contribution in [0.5, 0.6) is 5.75 Å². The van der Waals surface area contributed by atoms with E-state index in [1.54, 1.807) is 30.4 Å². The molecule has 2 aromatic rings. The molecule has 7 heteroatoms. The van der Waals surface area contributed by atoms with E-state index >= 15 is 0 Å². The van der Waals surface area contributed by atoms with E-state index in [1.165, 1.54) is 0 Å². The van der Waals surface area contributed by atoms with Crippen LogP contribution in [0.25, 0.3) is 0 Å². The molecule has 148 valence electrons. The van der Waals surface area contributed by atoms with E-state index in [0.717, 1.165) is 11.1 Å². The Morgan fingerprint density at radius 3 is 2.89 bits per heavy atom. The number of rotatable bonds is 7. The van der Waals surface area contributed by atoms with Gasteiger partial charge in [-0.2, -0.15) is 0 Å². The van der Waals surface area contributed by atoms with E-state index in [0.29, 0.717) is 25.3 Å². The number of amides is 2. The summed E-state index contributed by atoms with van der Waals surface area (Å²) in [5.41, 5.74) is 1.93. The summed E-state index contributed by atoms with van der Waals surface area (Å²) in [7, 11) is 1.71. The van der Waals surface area contributed by atoms with Gasteiger partial charge in [0.05, 0.1) is 18.8 Å². The van der Waals surface area contributed by atoms with Crippen LogP contribution >= 0.6 is 0 Å². The van der Waals surface area contributed by atoms with Crippen molar-refractivity contribution in [2.75, 3.05) is 26.8 Å². The number of hydrogen-bond donors (Lipinski definition) is 1. The molecule has 7 nitrogen and oxygen atoms in total. The van der Waals surface area contributed by atoms with Crippen molar-refractivity contribution < 1.29 is 19.1 Å². The molecule has 0 aliphatic carbocycles. The van der Waals surface area contributed by atoms with Crippen LogP contribution in [0.15, 0.2) is 48.8 Å². The number of carbonyl (C=O) groups is 2. The lowest BCUT2D eigenvalue weighted by Crippen LogP contribution is -2.53. The van der Waals surface area contributed by atoms with Crippen molar-refractivity contribution in [1.29, 1.82) is 0 Å². The summed E-state index contributed by atoms with van der Waals surface area (Å²) in [4.78, 5) is 30.5. The first kappa shape index (κ1) is 19.8. The summed E-state index contributed by atoms with van der Waals surface area (Å²) in [6, 6.07) is 10.9. The van der Waals surface area contributed by atoms with Crippen molar-refractivity contribution in [1.82, 2.24) is 15.2 Å². The fourth-order valence-corrected chi connectivity index (χ4v) is 3.23. The number of morpholine rings is 1. The molecule has 28 heavy (non-hydrogen) atoms. The quantitative estimate of drug-likeness (QED) is 0.739. The summed E-state index contributed by atoms with van der Waals surface area (Å²) in [5.74, 6) is 0.334. The molecule has 0 spiro atoms. The lowest BCUT2D eigenvalue weighted by Gasteiger charge is -2.38. The molecule has 0 unspecified atom stereocenters. The number of ether oxygens (including phenoxy) is 2. The van der Waals surface area contributed by atoms with Crippen LogP contribution in [0, 0.1) is 6.92 Å². The van der Waals surface area contributed by atoms with E-state index in [1.807, 2.05) is 37.3 Å². The SMILES string of the molecule is Cc1ccccc1[C@@H]1[C@@H](C(=O)NCCCOc2cccnc2)OCC(=O)N1C. The number of nitrogens with zero attached hydrogens (tertiary/aromatic N) is 2. The topological polar surface area (TPSA) is 80.8 Å². The molecule has 2 atom stereocenters. The van der Waals surface area contributed by atoms with Gasteiger partial charge in [0, 0.05) is 19.8 Å². The predicted molar refractivity (Wildman–Crippen MR) is 104 cm³/mol. The molecule has 1 aliphatic rings. The molecule has 1 saturated heterocycles. The summed E-state index contributed by atoms with van der Waals surface area (Å²) in [6.45, 7) is 2.79. The highest BCUT2D eigenvalue weighted by Gasteiger charge is 2.40. The highest BCUT2D eigenvalue weighted by Crippen LogP contribution is 2.31. The molecule has 0 radical (unpaired) electrons. The molecule has 0 saturated carbocycles. The Morgan fingerprint density at radius 2 is 2.14 bits per heavy atom. The van der Waals surface area contributed by atoms with Gasteiger partial charge >= 0.3 is 0 Å². The predicted octanol–water partition coefficient (Wildman–Crippen LogP) is 1.87. The van der Waals surface area contributed by atoms with Gasteiger partial charge < -0.3 is 19.7 Å². The van der Waals surface area contributed by atoms with Gasteiger partial charge in [0.15, 0.2) is 6.10 Å². The van der Waals surface area contributed by atoms with Crippen LogP contribution in [-0.2, 0) is 14.3 Å². The first-order valence-corrected chi connectivity index (χ1v) is 9.31. The minimum absolute atomic E-state index is 0.0961. The van der Waals surface area contributed by atoms with Gasteiger partial charge in [0.1, 0.15) is 12.4 Å². The number of carbonyl (C=O) groups excluding carboxylic acids is 2. The van der Waals surface area contributed by atoms with Crippen LogP contribution in [0.2, 0.25) is 0 Å². The van der Waals surface area contributed by atoms with Gasteiger partial charge in [0.2, 0.25) is 5.91 Å². The minimum Gasteiger partial charge on any atom is -0.492 e.